The molecule has 0 atom stereocenters. The number of hydrogen-bond donors (Lipinski definition) is 2. The lowest BCUT2D eigenvalue weighted by Crippen LogP contribution is -2.42. The number of aryl methyl sites for hydroxylation is 1. The fourth-order valence-corrected chi connectivity index (χ4v) is 2.41. The highest BCUT2D eigenvalue weighted by Gasteiger charge is 2.30. The largest absolute Gasteiger partial charge is 0.480 e. The zero-order valence-electron chi connectivity index (χ0n) is 10.9. The summed E-state index contributed by atoms with van der Waals surface area (Å²) >= 11 is 0. The molecule has 0 saturated heterocycles. The van der Waals surface area contributed by atoms with Crippen LogP contribution in [0.25, 0.3) is 0 Å². The second-order valence-electron chi connectivity index (χ2n) is 4.72. The van der Waals surface area contributed by atoms with E-state index in [2.05, 4.69) is 15.2 Å². The molecule has 0 radical (unpaired) electrons. The number of hydrogen-bond acceptors (Lipinski definition) is 4. The molecule has 0 unspecified atom stereocenters. The van der Waals surface area contributed by atoms with E-state index in [1.165, 1.54) is 4.90 Å². The molecule has 2 rings (SSSR count). The van der Waals surface area contributed by atoms with Crippen molar-refractivity contribution in [2.45, 2.75) is 45.1 Å². The Balaban J connectivity index is 2.16. The Bertz CT molecular complexity index is 465. The van der Waals surface area contributed by atoms with Crippen LogP contribution < -0.4 is 0 Å². The average Bonchev–Trinajstić information content (AvgIpc) is 3.05. The molecular formula is C12H18N4O3. The first kappa shape index (κ1) is 13.5. The van der Waals surface area contributed by atoms with E-state index in [9.17, 15) is 9.59 Å². The van der Waals surface area contributed by atoms with Crippen LogP contribution in [0.2, 0.25) is 0 Å². The molecule has 7 heteroatoms. The van der Waals surface area contributed by atoms with Crippen LogP contribution in [0.4, 0.5) is 0 Å². The molecule has 0 bridgehead atoms. The van der Waals surface area contributed by atoms with Crippen molar-refractivity contribution in [1.29, 1.82) is 0 Å². The van der Waals surface area contributed by atoms with Gasteiger partial charge in [0.2, 0.25) is 5.82 Å². The number of nitrogens with one attached hydrogen (secondary N) is 1. The van der Waals surface area contributed by atoms with Gasteiger partial charge < -0.3 is 10.0 Å². The van der Waals surface area contributed by atoms with Gasteiger partial charge in [-0.15, -0.1) is 5.10 Å². The minimum absolute atomic E-state index is 0.00724. The molecule has 1 amide bonds. The predicted molar refractivity (Wildman–Crippen MR) is 66.7 cm³/mol. The van der Waals surface area contributed by atoms with E-state index in [4.69, 9.17) is 5.11 Å². The Labute approximate surface area is 111 Å². The van der Waals surface area contributed by atoms with Crippen LogP contribution >= 0.6 is 0 Å². The third-order valence-corrected chi connectivity index (χ3v) is 3.39. The van der Waals surface area contributed by atoms with E-state index >= 15 is 0 Å². The molecule has 0 aliphatic heterocycles. The molecule has 1 aliphatic carbocycles. The average molecular weight is 266 g/mol. The van der Waals surface area contributed by atoms with Gasteiger partial charge in [-0.2, -0.15) is 0 Å². The Hall–Kier alpha value is -1.92. The van der Waals surface area contributed by atoms with Crippen molar-refractivity contribution in [3.8, 4) is 0 Å². The minimum Gasteiger partial charge on any atom is -0.480 e. The first-order valence-electron chi connectivity index (χ1n) is 6.56. The van der Waals surface area contributed by atoms with Crippen LogP contribution in [0, 0.1) is 0 Å². The van der Waals surface area contributed by atoms with Crippen molar-refractivity contribution < 1.29 is 14.7 Å². The van der Waals surface area contributed by atoms with Gasteiger partial charge in [0.05, 0.1) is 0 Å². The molecule has 104 valence electrons. The monoisotopic (exact) mass is 266 g/mol. The topological polar surface area (TPSA) is 99.2 Å². The maximum Gasteiger partial charge on any atom is 0.323 e. The lowest BCUT2D eigenvalue weighted by atomic mass is 10.2. The van der Waals surface area contributed by atoms with Crippen LogP contribution in [-0.2, 0) is 11.2 Å². The van der Waals surface area contributed by atoms with Gasteiger partial charge in [0.25, 0.3) is 5.91 Å². The zero-order chi connectivity index (χ0) is 13.8. The number of aromatic amines is 1. The highest BCUT2D eigenvalue weighted by atomic mass is 16.4. The summed E-state index contributed by atoms with van der Waals surface area (Å²) in [7, 11) is 0. The van der Waals surface area contributed by atoms with Gasteiger partial charge in [-0.05, 0) is 12.8 Å². The number of H-pyrrole nitrogens is 1. The summed E-state index contributed by atoms with van der Waals surface area (Å²) in [5, 5.41) is 15.5. The minimum atomic E-state index is -1.01. The molecule has 1 aromatic heterocycles. The van der Waals surface area contributed by atoms with Crippen molar-refractivity contribution in [1.82, 2.24) is 20.1 Å². The van der Waals surface area contributed by atoms with Crippen LogP contribution in [0.5, 0.6) is 0 Å². The van der Waals surface area contributed by atoms with E-state index < -0.39 is 11.9 Å². The molecule has 1 heterocycles. The van der Waals surface area contributed by atoms with Crippen LogP contribution in [0.15, 0.2) is 0 Å². The number of nitrogens with zero attached hydrogens (tertiary/aromatic N) is 3. The van der Waals surface area contributed by atoms with E-state index in [0.717, 1.165) is 25.7 Å². The summed E-state index contributed by atoms with van der Waals surface area (Å²) in [4.78, 5) is 28.7. The molecular weight excluding hydrogens is 248 g/mol. The van der Waals surface area contributed by atoms with Crippen LogP contribution in [-0.4, -0.2) is 49.7 Å². The maximum atomic E-state index is 12.3. The molecule has 19 heavy (non-hydrogen) atoms. The van der Waals surface area contributed by atoms with Gasteiger partial charge in [0.1, 0.15) is 12.4 Å². The van der Waals surface area contributed by atoms with E-state index in [1.807, 2.05) is 6.92 Å². The SMILES string of the molecule is CCc1nc(C(=O)N(CC(=O)O)C2CCCC2)n[nH]1. The number of aromatic nitrogens is 3. The number of carboxylic acids is 1. The number of aliphatic carboxylic acids is 1. The molecule has 2 N–H and O–H groups in total. The molecule has 0 spiro atoms. The highest BCUT2D eigenvalue weighted by Crippen LogP contribution is 2.24. The second-order valence-corrected chi connectivity index (χ2v) is 4.72. The first-order chi connectivity index (χ1) is 9.11. The first-order valence-corrected chi connectivity index (χ1v) is 6.56. The number of rotatable bonds is 5. The van der Waals surface area contributed by atoms with Gasteiger partial charge in [-0.3, -0.25) is 14.7 Å². The second kappa shape index (κ2) is 5.81. The standard InChI is InChI=1S/C12H18N4O3/c1-2-9-13-11(15-14-9)12(19)16(7-10(17)18)8-5-3-4-6-8/h8H,2-7H2,1H3,(H,17,18)(H,13,14,15). The number of carbonyl (C=O) groups is 2. The quantitative estimate of drug-likeness (QED) is 0.822. The predicted octanol–water partition coefficient (Wildman–Crippen LogP) is 0.836. The fraction of sp³-hybridized carbons (Fsp3) is 0.667. The fourth-order valence-electron chi connectivity index (χ4n) is 2.41. The Morgan fingerprint density at radius 2 is 2.11 bits per heavy atom. The van der Waals surface area contributed by atoms with Gasteiger partial charge >= 0.3 is 5.97 Å². The van der Waals surface area contributed by atoms with E-state index in [0.29, 0.717) is 12.2 Å². The lowest BCUT2D eigenvalue weighted by Gasteiger charge is -2.25. The highest BCUT2D eigenvalue weighted by molar-refractivity contribution is 5.92. The number of carbonyl (C=O) groups excluding carboxylic acids is 1. The molecule has 7 nitrogen and oxygen atoms in total. The zero-order valence-corrected chi connectivity index (χ0v) is 10.9. The van der Waals surface area contributed by atoms with Gasteiger partial charge in [0, 0.05) is 12.5 Å². The molecule has 0 aromatic carbocycles. The third-order valence-electron chi connectivity index (χ3n) is 3.39. The number of amides is 1. The number of carboxylic acid groups (broad SMARTS) is 1. The molecule has 1 aromatic rings. The van der Waals surface area contributed by atoms with Crippen molar-refractivity contribution in [2.75, 3.05) is 6.54 Å². The summed E-state index contributed by atoms with van der Waals surface area (Å²) in [6, 6.07) is -0.00724. The van der Waals surface area contributed by atoms with Gasteiger partial charge in [-0.25, -0.2) is 4.98 Å². The van der Waals surface area contributed by atoms with Crippen molar-refractivity contribution in [3.63, 3.8) is 0 Å². The Morgan fingerprint density at radius 1 is 1.42 bits per heavy atom. The summed E-state index contributed by atoms with van der Waals surface area (Å²) in [6.45, 7) is 1.61. The van der Waals surface area contributed by atoms with Crippen molar-refractivity contribution in [2.24, 2.45) is 0 Å². The van der Waals surface area contributed by atoms with Crippen LogP contribution in [0.3, 0.4) is 0 Å². The third kappa shape index (κ3) is 3.10. The summed E-state index contributed by atoms with van der Waals surface area (Å²) in [5.41, 5.74) is 0. The van der Waals surface area contributed by atoms with Crippen molar-refractivity contribution >= 4 is 11.9 Å². The lowest BCUT2D eigenvalue weighted by molar-refractivity contribution is -0.138. The van der Waals surface area contributed by atoms with E-state index in [1.54, 1.807) is 0 Å². The van der Waals surface area contributed by atoms with E-state index in [-0.39, 0.29) is 18.4 Å². The molecule has 1 aliphatic rings. The normalized spacial score (nSPS) is 15.6. The molecule has 1 saturated carbocycles. The summed E-state index contributed by atoms with van der Waals surface area (Å²) < 4.78 is 0. The molecule has 1 fully saturated rings. The Kier molecular flexibility index (Phi) is 4.13. The Morgan fingerprint density at radius 3 is 2.63 bits per heavy atom. The summed E-state index contributed by atoms with van der Waals surface area (Å²) in [6.07, 6.45) is 4.42. The van der Waals surface area contributed by atoms with Gasteiger partial charge in [-0.1, -0.05) is 19.8 Å². The van der Waals surface area contributed by atoms with Gasteiger partial charge in [0.15, 0.2) is 0 Å². The summed E-state index contributed by atoms with van der Waals surface area (Å²) in [5.74, 6) is -0.716. The van der Waals surface area contributed by atoms with Crippen molar-refractivity contribution in [3.05, 3.63) is 11.6 Å². The maximum absolute atomic E-state index is 12.3. The smallest absolute Gasteiger partial charge is 0.323 e. The van der Waals surface area contributed by atoms with Crippen LogP contribution in [0.1, 0.15) is 49.1 Å².